The second-order valence-corrected chi connectivity index (χ2v) is 9.78. The third kappa shape index (κ3) is 3.71. The van der Waals surface area contributed by atoms with E-state index in [2.05, 4.69) is 37.0 Å². The van der Waals surface area contributed by atoms with E-state index in [9.17, 15) is 17.6 Å². The van der Waals surface area contributed by atoms with E-state index in [1.54, 1.807) is 6.20 Å². The number of fused-ring (bicyclic) bond motifs is 2. The van der Waals surface area contributed by atoms with E-state index in [0.29, 0.717) is 13.1 Å². The fraction of sp³-hybridized carbons (Fsp3) is 0.500. The number of rotatable bonds is 2. The molecule has 1 atom stereocenters. The summed E-state index contributed by atoms with van der Waals surface area (Å²) in [6, 6.07) is 3.76. The molecule has 7 nitrogen and oxygen atoms in total. The van der Waals surface area contributed by atoms with Crippen LogP contribution in [-0.2, 0) is 6.42 Å². The lowest BCUT2D eigenvalue weighted by molar-refractivity contribution is -0.0936. The van der Waals surface area contributed by atoms with E-state index >= 15 is 0 Å². The third-order valence-corrected chi connectivity index (χ3v) is 7.59. The van der Waals surface area contributed by atoms with Crippen LogP contribution in [0.4, 0.5) is 23.4 Å². The van der Waals surface area contributed by atoms with Crippen molar-refractivity contribution in [2.24, 2.45) is 17.1 Å². The summed E-state index contributed by atoms with van der Waals surface area (Å²) in [5, 5.41) is 6.74. The first-order valence-electron chi connectivity index (χ1n) is 11.6. The van der Waals surface area contributed by atoms with Crippen molar-refractivity contribution in [2.75, 3.05) is 18.0 Å². The van der Waals surface area contributed by atoms with Gasteiger partial charge in [-0.2, -0.15) is 5.10 Å². The molecule has 3 aromatic rings. The molecule has 0 unspecified atom stereocenters. The summed E-state index contributed by atoms with van der Waals surface area (Å²) in [7, 11) is 0. The zero-order chi connectivity index (χ0) is 24.4. The molecule has 182 valence electrons. The van der Waals surface area contributed by atoms with Crippen molar-refractivity contribution in [2.45, 2.75) is 50.5 Å². The number of hydrogen-bond donors (Lipinski definition) is 2. The van der Waals surface area contributed by atoms with E-state index in [0.717, 1.165) is 30.5 Å². The number of aromatic amines is 1. The molecule has 0 bridgehead atoms. The summed E-state index contributed by atoms with van der Waals surface area (Å²) < 4.78 is 54.2. The summed E-state index contributed by atoms with van der Waals surface area (Å²) in [6.45, 7) is 1.02. The number of nitrogens with one attached hydrogen (secondary N) is 1. The molecule has 0 amide bonds. The maximum absolute atomic E-state index is 14.0. The number of H-pyrrole nitrogens is 1. The predicted octanol–water partition coefficient (Wildman–Crippen LogP) is 3.93. The Bertz CT molecular complexity index is 1340. The van der Waals surface area contributed by atoms with Crippen molar-refractivity contribution in [3.05, 3.63) is 41.0 Å². The van der Waals surface area contributed by atoms with Crippen LogP contribution in [0.2, 0.25) is 0 Å². The minimum atomic E-state index is -2.85. The zero-order valence-electron chi connectivity index (χ0n) is 18.7. The number of hydrogen-bond acceptors (Lipinski definition) is 6. The Kier molecular flexibility index (Phi) is 5.00. The molecule has 3 aromatic heterocycles. The highest BCUT2D eigenvalue weighted by atomic mass is 19.3. The Hall–Kier alpha value is -3.26. The number of halogens is 4. The van der Waals surface area contributed by atoms with E-state index < -0.39 is 24.0 Å². The van der Waals surface area contributed by atoms with Crippen LogP contribution in [0, 0.1) is 23.2 Å². The van der Waals surface area contributed by atoms with Crippen LogP contribution < -0.4 is 10.6 Å². The molecule has 2 aliphatic carbocycles. The lowest BCUT2D eigenvalue weighted by atomic mass is 9.73. The Morgan fingerprint density at radius 2 is 1.94 bits per heavy atom. The topological polar surface area (TPSA) is 96.6 Å². The SMILES string of the molecule is N[C@@H]1c2cccnc2CC12CCN(c1nc3[nH]nc(C#CC4CC(F)(F)C4)c3nc1C(F)F)CC2. The van der Waals surface area contributed by atoms with Gasteiger partial charge >= 0.3 is 0 Å². The highest BCUT2D eigenvalue weighted by Gasteiger charge is 2.47. The molecule has 0 radical (unpaired) electrons. The van der Waals surface area contributed by atoms with Crippen LogP contribution in [0.3, 0.4) is 0 Å². The second kappa shape index (κ2) is 7.88. The average molecular weight is 485 g/mol. The van der Waals surface area contributed by atoms with Gasteiger partial charge in [0.2, 0.25) is 0 Å². The van der Waals surface area contributed by atoms with Gasteiger partial charge in [-0.25, -0.2) is 27.5 Å². The normalized spacial score (nSPS) is 22.8. The molecule has 1 spiro atoms. The van der Waals surface area contributed by atoms with Crippen molar-refractivity contribution in [1.29, 1.82) is 0 Å². The highest BCUT2D eigenvalue weighted by Crippen LogP contribution is 2.50. The van der Waals surface area contributed by atoms with Crippen molar-refractivity contribution < 1.29 is 17.6 Å². The maximum atomic E-state index is 14.0. The summed E-state index contributed by atoms with van der Waals surface area (Å²) in [4.78, 5) is 14.9. The van der Waals surface area contributed by atoms with Gasteiger partial charge < -0.3 is 10.6 Å². The molecule has 3 aliphatic rings. The van der Waals surface area contributed by atoms with Gasteiger partial charge in [0.1, 0.15) is 11.2 Å². The van der Waals surface area contributed by atoms with Crippen LogP contribution in [0.25, 0.3) is 11.2 Å². The van der Waals surface area contributed by atoms with E-state index in [-0.39, 0.29) is 47.0 Å². The van der Waals surface area contributed by atoms with Crippen molar-refractivity contribution in [3.63, 3.8) is 0 Å². The lowest BCUT2D eigenvalue weighted by Crippen LogP contribution is -2.45. The summed E-state index contributed by atoms with van der Waals surface area (Å²) in [5.74, 6) is 2.45. The number of piperidine rings is 1. The van der Waals surface area contributed by atoms with Crippen LogP contribution in [0.15, 0.2) is 18.3 Å². The van der Waals surface area contributed by atoms with Crippen LogP contribution in [-0.4, -0.2) is 44.2 Å². The first kappa shape index (κ1) is 22.2. The molecule has 11 heteroatoms. The number of nitrogens with zero attached hydrogens (tertiary/aromatic N) is 5. The third-order valence-electron chi connectivity index (χ3n) is 7.59. The molecule has 1 saturated heterocycles. The maximum Gasteiger partial charge on any atom is 0.284 e. The molecule has 3 N–H and O–H groups in total. The summed E-state index contributed by atoms with van der Waals surface area (Å²) >= 11 is 0. The molecule has 35 heavy (non-hydrogen) atoms. The molecule has 1 aliphatic heterocycles. The van der Waals surface area contributed by atoms with Gasteiger partial charge in [0.25, 0.3) is 12.3 Å². The fourth-order valence-corrected chi connectivity index (χ4v) is 5.55. The van der Waals surface area contributed by atoms with Crippen molar-refractivity contribution in [3.8, 4) is 11.8 Å². The Morgan fingerprint density at radius 3 is 2.63 bits per heavy atom. The number of nitrogens with two attached hydrogens (primary N) is 1. The molecule has 6 rings (SSSR count). The van der Waals surface area contributed by atoms with Gasteiger partial charge in [-0.05, 0) is 42.2 Å². The molecule has 1 saturated carbocycles. The monoisotopic (exact) mass is 485 g/mol. The van der Waals surface area contributed by atoms with Crippen LogP contribution >= 0.6 is 0 Å². The molecular formula is C24H23F4N7. The van der Waals surface area contributed by atoms with Gasteiger partial charge in [0.05, 0.1) is 0 Å². The highest BCUT2D eigenvalue weighted by molar-refractivity contribution is 5.78. The largest absolute Gasteiger partial charge is 0.355 e. The number of aromatic nitrogens is 5. The van der Waals surface area contributed by atoms with Crippen molar-refractivity contribution in [1.82, 2.24) is 25.1 Å². The standard InChI is InChI=1S/C24H23F4N7/c25-20(26)18-22(32-21-17(31-18)15(33-34-21)4-3-13-10-24(27,28)11-13)35-8-5-23(6-9-35)12-16-14(19(23)29)2-1-7-30-16/h1-2,7,13,19-20H,5-6,8-12,29H2,(H,32,33,34)/t19-/m1/s1. The molecule has 0 aromatic carbocycles. The average Bonchev–Trinajstić information content (AvgIpc) is 3.34. The van der Waals surface area contributed by atoms with Gasteiger partial charge in [-0.3, -0.25) is 10.1 Å². The van der Waals surface area contributed by atoms with Crippen molar-refractivity contribution >= 4 is 17.0 Å². The predicted molar refractivity (Wildman–Crippen MR) is 120 cm³/mol. The number of pyridine rings is 1. The Balaban J connectivity index is 1.25. The minimum Gasteiger partial charge on any atom is -0.355 e. The van der Waals surface area contributed by atoms with E-state index in [1.807, 2.05) is 17.0 Å². The van der Waals surface area contributed by atoms with Gasteiger partial charge in [-0.15, -0.1) is 0 Å². The first-order valence-corrected chi connectivity index (χ1v) is 11.6. The molecule has 4 heterocycles. The Labute approximate surface area is 198 Å². The zero-order valence-corrected chi connectivity index (χ0v) is 18.7. The number of anilines is 1. The summed E-state index contributed by atoms with van der Waals surface area (Å²) in [5.41, 5.74) is 8.59. The van der Waals surface area contributed by atoms with Gasteiger partial charge in [0.15, 0.2) is 17.2 Å². The minimum absolute atomic E-state index is 0.117. The molecular weight excluding hydrogens is 462 g/mol. The van der Waals surface area contributed by atoms with Gasteiger partial charge in [-0.1, -0.05) is 12.0 Å². The van der Waals surface area contributed by atoms with Crippen LogP contribution in [0.1, 0.15) is 60.8 Å². The van der Waals surface area contributed by atoms with E-state index in [1.165, 1.54) is 0 Å². The summed E-state index contributed by atoms with van der Waals surface area (Å²) in [6.07, 6.45) is 0.533. The second-order valence-electron chi connectivity index (χ2n) is 9.78. The Morgan fingerprint density at radius 1 is 1.17 bits per heavy atom. The smallest absolute Gasteiger partial charge is 0.284 e. The first-order chi connectivity index (χ1) is 16.7. The molecule has 2 fully saturated rings. The number of alkyl halides is 4. The fourth-order valence-electron chi connectivity index (χ4n) is 5.55. The lowest BCUT2D eigenvalue weighted by Gasteiger charge is -2.42. The quantitative estimate of drug-likeness (QED) is 0.422. The van der Waals surface area contributed by atoms with Crippen LogP contribution in [0.5, 0.6) is 0 Å². The van der Waals surface area contributed by atoms with E-state index in [4.69, 9.17) is 5.73 Å². The van der Waals surface area contributed by atoms with Gasteiger partial charge in [0, 0.05) is 49.8 Å².